The molecule has 0 amide bonds. The van der Waals surface area contributed by atoms with E-state index in [0.29, 0.717) is 12.1 Å². The number of anilines is 1. The van der Waals surface area contributed by atoms with Crippen molar-refractivity contribution in [1.82, 2.24) is 9.97 Å². The van der Waals surface area contributed by atoms with Gasteiger partial charge in [-0.05, 0) is 44.2 Å². The van der Waals surface area contributed by atoms with Gasteiger partial charge in [0.15, 0.2) is 8.38 Å². The Balaban J connectivity index is 1.78. The van der Waals surface area contributed by atoms with Crippen molar-refractivity contribution in [2.24, 2.45) is 5.92 Å². The molecule has 2 aromatic rings. The average molecular weight is 349 g/mol. The van der Waals surface area contributed by atoms with E-state index in [1.807, 2.05) is 25.1 Å². The number of benzene rings is 1. The maximum atomic E-state index is 9.09. The third-order valence-electron chi connectivity index (χ3n) is 4.65. The monoisotopic (exact) mass is 349 g/mol. The molecule has 1 aromatic heterocycles. The Hall–Kier alpha value is -1.49. The summed E-state index contributed by atoms with van der Waals surface area (Å²) in [6, 6.07) is 5.92. The van der Waals surface area contributed by atoms with Crippen LogP contribution in [0.25, 0.3) is 10.9 Å². The third-order valence-corrected chi connectivity index (χ3v) is 5.31. The normalized spacial score (nSPS) is 16.1. The summed E-state index contributed by atoms with van der Waals surface area (Å²) in [6.07, 6.45) is 3.54. The molecule has 24 heavy (non-hydrogen) atoms. The minimum atomic E-state index is -1.76. The lowest BCUT2D eigenvalue weighted by atomic mass is 9.94. The highest BCUT2D eigenvalue weighted by atomic mass is 31.2. The van der Waals surface area contributed by atoms with E-state index in [-0.39, 0.29) is 0 Å². The molecule has 2 heterocycles. The van der Waals surface area contributed by atoms with Crippen LogP contribution in [0.3, 0.4) is 0 Å². The summed E-state index contributed by atoms with van der Waals surface area (Å²) >= 11 is 0. The molecule has 3 rings (SSSR count). The van der Waals surface area contributed by atoms with Gasteiger partial charge in [0.25, 0.3) is 0 Å². The Bertz CT molecular complexity index is 703. The van der Waals surface area contributed by atoms with Crippen molar-refractivity contribution < 1.29 is 14.5 Å². The maximum absolute atomic E-state index is 9.09. The van der Waals surface area contributed by atoms with Crippen LogP contribution in [0.2, 0.25) is 0 Å². The lowest BCUT2D eigenvalue weighted by Crippen LogP contribution is -2.34. The molecule has 2 N–H and O–H groups in total. The lowest BCUT2D eigenvalue weighted by Gasteiger charge is -2.33. The van der Waals surface area contributed by atoms with Gasteiger partial charge in [0.05, 0.1) is 12.6 Å². The molecule has 0 radical (unpaired) electrons. The van der Waals surface area contributed by atoms with E-state index in [9.17, 15) is 0 Å². The molecular weight excluding hydrogens is 325 g/mol. The fourth-order valence-electron chi connectivity index (χ4n) is 3.31. The standard InChI is InChI=1S/C17H24N3O3P/c1-12-18-16-11-14(23-2)3-4-15(16)17(19-12)20-8-5-13(6-9-20)7-10-24(21)22/h3-4,11,13,21-22H,5-10H2,1-2H3. The van der Waals surface area contributed by atoms with Crippen molar-refractivity contribution >= 4 is 25.1 Å². The number of fused-ring (bicyclic) bond motifs is 1. The summed E-state index contributed by atoms with van der Waals surface area (Å²) < 4.78 is 5.29. The molecule has 1 fully saturated rings. The zero-order valence-electron chi connectivity index (χ0n) is 14.1. The number of methoxy groups -OCH3 is 1. The maximum Gasteiger partial charge on any atom is 0.164 e. The first-order valence-corrected chi connectivity index (χ1v) is 9.72. The van der Waals surface area contributed by atoms with Crippen LogP contribution in [0.1, 0.15) is 25.1 Å². The summed E-state index contributed by atoms with van der Waals surface area (Å²) in [6.45, 7) is 3.80. The second-order valence-corrected chi connectivity index (χ2v) is 7.48. The second kappa shape index (κ2) is 7.60. The molecule has 0 bridgehead atoms. The van der Waals surface area contributed by atoms with E-state index in [2.05, 4.69) is 14.9 Å². The van der Waals surface area contributed by atoms with Crippen LogP contribution >= 0.6 is 8.38 Å². The minimum absolute atomic E-state index is 0.523. The van der Waals surface area contributed by atoms with Crippen LogP contribution in [0.15, 0.2) is 18.2 Å². The van der Waals surface area contributed by atoms with Crippen LogP contribution < -0.4 is 9.64 Å². The van der Waals surface area contributed by atoms with E-state index in [0.717, 1.165) is 60.6 Å². The summed E-state index contributed by atoms with van der Waals surface area (Å²) in [5.74, 6) is 3.12. The van der Waals surface area contributed by atoms with Gasteiger partial charge < -0.3 is 19.4 Å². The molecule has 0 spiro atoms. The molecule has 130 valence electrons. The van der Waals surface area contributed by atoms with Crippen molar-refractivity contribution in [1.29, 1.82) is 0 Å². The molecule has 1 aromatic carbocycles. The van der Waals surface area contributed by atoms with Crippen molar-refractivity contribution in [2.45, 2.75) is 26.2 Å². The number of piperidine rings is 1. The van der Waals surface area contributed by atoms with Gasteiger partial charge in [-0.1, -0.05) is 0 Å². The van der Waals surface area contributed by atoms with E-state index in [1.54, 1.807) is 7.11 Å². The Kier molecular flexibility index (Phi) is 5.49. The lowest BCUT2D eigenvalue weighted by molar-refractivity contribution is 0.386. The average Bonchev–Trinajstić information content (AvgIpc) is 2.59. The van der Waals surface area contributed by atoms with Gasteiger partial charge in [0, 0.05) is 30.7 Å². The van der Waals surface area contributed by atoms with Crippen molar-refractivity contribution in [2.75, 3.05) is 31.3 Å². The number of aromatic nitrogens is 2. The molecule has 0 unspecified atom stereocenters. The largest absolute Gasteiger partial charge is 0.497 e. The first-order chi connectivity index (χ1) is 11.6. The molecule has 0 atom stereocenters. The zero-order valence-corrected chi connectivity index (χ0v) is 15.0. The molecule has 0 saturated carbocycles. The van der Waals surface area contributed by atoms with Gasteiger partial charge in [-0.2, -0.15) is 0 Å². The summed E-state index contributed by atoms with van der Waals surface area (Å²) in [7, 11) is -0.101. The Morgan fingerprint density at radius 1 is 1.25 bits per heavy atom. The number of aryl methyl sites for hydroxylation is 1. The Morgan fingerprint density at radius 2 is 2.00 bits per heavy atom. The molecule has 0 aliphatic carbocycles. The Labute approximate surface area is 143 Å². The van der Waals surface area contributed by atoms with E-state index < -0.39 is 8.38 Å². The quantitative estimate of drug-likeness (QED) is 0.808. The SMILES string of the molecule is COc1ccc2c(N3CCC(CCP(O)O)CC3)nc(C)nc2c1. The van der Waals surface area contributed by atoms with E-state index >= 15 is 0 Å². The Morgan fingerprint density at radius 3 is 2.67 bits per heavy atom. The van der Waals surface area contributed by atoms with Gasteiger partial charge in [-0.3, -0.25) is 0 Å². The van der Waals surface area contributed by atoms with Gasteiger partial charge in [0.1, 0.15) is 17.4 Å². The van der Waals surface area contributed by atoms with Gasteiger partial charge in [-0.15, -0.1) is 0 Å². The summed E-state index contributed by atoms with van der Waals surface area (Å²) in [5, 5.41) is 1.05. The van der Waals surface area contributed by atoms with Crippen LogP contribution in [0.5, 0.6) is 5.75 Å². The number of nitrogens with zero attached hydrogens (tertiary/aromatic N) is 3. The fourth-order valence-corrected chi connectivity index (χ4v) is 3.90. The number of hydrogen-bond acceptors (Lipinski definition) is 6. The van der Waals surface area contributed by atoms with Crippen molar-refractivity contribution in [3.63, 3.8) is 0 Å². The summed E-state index contributed by atoms with van der Waals surface area (Å²) in [4.78, 5) is 29.7. The fraction of sp³-hybridized carbons (Fsp3) is 0.529. The van der Waals surface area contributed by atoms with Crippen LogP contribution in [-0.4, -0.2) is 46.1 Å². The van der Waals surface area contributed by atoms with Gasteiger partial charge in [0.2, 0.25) is 0 Å². The topological polar surface area (TPSA) is 78.7 Å². The number of hydrogen-bond donors (Lipinski definition) is 2. The highest BCUT2D eigenvalue weighted by molar-refractivity contribution is 7.45. The molecule has 6 nitrogen and oxygen atoms in total. The first-order valence-electron chi connectivity index (χ1n) is 8.29. The van der Waals surface area contributed by atoms with E-state index in [1.165, 1.54) is 0 Å². The predicted molar refractivity (Wildman–Crippen MR) is 96.6 cm³/mol. The van der Waals surface area contributed by atoms with Gasteiger partial charge >= 0.3 is 0 Å². The molecule has 1 aliphatic heterocycles. The predicted octanol–water partition coefficient (Wildman–Crippen LogP) is 2.85. The zero-order chi connectivity index (χ0) is 17.1. The number of rotatable bonds is 5. The first kappa shape index (κ1) is 17.3. The molecule has 1 saturated heterocycles. The summed E-state index contributed by atoms with van der Waals surface area (Å²) in [5.41, 5.74) is 0.908. The van der Waals surface area contributed by atoms with Crippen LogP contribution in [-0.2, 0) is 0 Å². The number of ether oxygens (including phenoxy) is 1. The third kappa shape index (κ3) is 3.94. The minimum Gasteiger partial charge on any atom is -0.497 e. The highest BCUT2D eigenvalue weighted by Gasteiger charge is 2.22. The smallest absolute Gasteiger partial charge is 0.164 e. The molecule has 1 aliphatic rings. The molecular formula is C17H24N3O3P. The van der Waals surface area contributed by atoms with Crippen LogP contribution in [0.4, 0.5) is 5.82 Å². The van der Waals surface area contributed by atoms with E-state index in [4.69, 9.17) is 14.5 Å². The highest BCUT2D eigenvalue weighted by Crippen LogP contribution is 2.33. The van der Waals surface area contributed by atoms with Crippen molar-refractivity contribution in [3.8, 4) is 5.75 Å². The van der Waals surface area contributed by atoms with Crippen molar-refractivity contribution in [3.05, 3.63) is 24.0 Å². The van der Waals surface area contributed by atoms with Crippen LogP contribution in [0, 0.1) is 12.8 Å². The molecule has 7 heteroatoms. The second-order valence-electron chi connectivity index (χ2n) is 6.29. The van der Waals surface area contributed by atoms with Gasteiger partial charge in [-0.25, -0.2) is 9.97 Å².